The number of rotatable bonds is 9. The average molecular weight is 525 g/mol. The number of alkyl halides is 3. The molecule has 0 radical (unpaired) electrons. The fraction of sp³-hybridized carbons (Fsp3) is 0.250. The molecule has 0 fully saturated rings. The summed E-state index contributed by atoms with van der Waals surface area (Å²) in [5.74, 6) is -0.433. The van der Waals surface area contributed by atoms with Crippen molar-refractivity contribution >= 4 is 11.9 Å². The van der Waals surface area contributed by atoms with Gasteiger partial charge in [0.25, 0.3) is 0 Å². The van der Waals surface area contributed by atoms with Crippen LogP contribution in [-0.4, -0.2) is 35.6 Å². The molecule has 0 spiro atoms. The maximum atomic E-state index is 13.7. The highest BCUT2D eigenvalue weighted by Crippen LogP contribution is 2.38. The van der Waals surface area contributed by atoms with Crippen LogP contribution in [0.15, 0.2) is 71.7 Å². The van der Waals surface area contributed by atoms with Gasteiger partial charge >= 0.3 is 12.1 Å². The fourth-order valence-corrected chi connectivity index (χ4v) is 4.00. The van der Waals surface area contributed by atoms with Gasteiger partial charge in [-0.3, -0.25) is 4.79 Å². The Morgan fingerprint density at radius 1 is 1.08 bits per heavy atom. The molecule has 0 heterocycles. The van der Waals surface area contributed by atoms with E-state index in [4.69, 9.17) is 4.74 Å². The van der Waals surface area contributed by atoms with Crippen molar-refractivity contribution in [1.82, 2.24) is 10.2 Å². The van der Waals surface area contributed by atoms with Crippen molar-refractivity contribution in [3.8, 4) is 23.1 Å². The Morgan fingerprint density at radius 2 is 1.82 bits per heavy atom. The van der Waals surface area contributed by atoms with E-state index in [1.54, 1.807) is 36.2 Å². The maximum Gasteiger partial charge on any atom is 0.416 e. The molecule has 0 aromatic heterocycles. The SMILES string of the molecule is CCN(Cc1cc(C(F)(F)F)ccc1-c1cc(CC(=O)O)ccc1OC)/C(=N\C#N)NCc1ccccc1. The number of guanidine groups is 1. The second kappa shape index (κ2) is 12.6. The standard InChI is InChI=1S/C28H27F3N4O3/c1-3-35(27(34-18-32)33-16-19-7-5-4-6-8-19)17-21-15-22(28(29,30)31)10-11-23(21)24-13-20(14-26(36)37)9-12-25(24)38-2/h4-13,15H,3,14,16-17H2,1-2H3,(H,33,34)(H,36,37). The lowest BCUT2D eigenvalue weighted by Crippen LogP contribution is -2.40. The third-order valence-corrected chi connectivity index (χ3v) is 5.83. The Labute approximate surface area is 218 Å². The first kappa shape index (κ1) is 28.1. The number of benzene rings is 3. The lowest BCUT2D eigenvalue weighted by Gasteiger charge is -2.27. The van der Waals surface area contributed by atoms with Crippen LogP contribution in [0, 0.1) is 11.5 Å². The van der Waals surface area contributed by atoms with E-state index >= 15 is 0 Å². The quantitative estimate of drug-likeness (QED) is 0.219. The van der Waals surface area contributed by atoms with Crippen molar-refractivity contribution < 1.29 is 27.8 Å². The van der Waals surface area contributed by atoms with Crippen LogP contribution in [0.1, 0.15) is 29.2 Å². The number of nitriles is 1. The monoisotopic (exact) mass is 524 g/mol. The normalized spacial score (nSPS) is 11.5. The minimum atomic E-state index is -4.57. The fourth-order valence-electron chi connectivity index (χ4n) is 4.00. The number of hydrogen-bond donors (Lipinski definition) is 2. The van der Waals surface area contributed by atoms with E-state index < -0.39 is 17.7 Å². The molecule has 0 bridgehead atoms. The van der Waals surface area contributed by atoms with E-state index in [1.165, 1.54) is 13.2 Å². The molecule has 2 N–H and O–H groups in total. The Hall–Kier alpha value is -4.52. The molecule has 0 amide bonds. The van der Waals surface area contributed by atoms with E-state index in [-0.39, 0.29) is 18.9 Å². The van der Waals surface area contributed by atoms with E-state index in [9.17, 15) is 28.3 Å². The van der Waals surface area contributed by atoms with E-state index in [1.807, 2.05) is 30.3 Å². The summed E-state index contributed by atoms with van der Waals surface area (Å²) >= 11 is 0. The Balaban J connectivity index is 2.06. The number of carboxylic acids is 1. The average Bonchev–Trinajstić information content (AvgIpc) is 2.89. The molecule has 0 atom stereocenters. The van der Waals surface area contributed by atoms with Gasteiger partial charge in [-0.15, -0.1) is 4.99 Å². The topological polar surface area (TPSA) is 98.0 Å². The van der Waals surface area contributed by atoms with E-state index in [2.05, 4.69) is 10.3 Å². The lowest BCUT2D eigenvalue weighted by molar-refractivity contribution is -0.138. The number of halogens is 3. The van der Waals surface area contributed by atoms with Crippen molar-refractivity contribution in [2.75, 3.05) is 13.7 Å². The molecule has 0 unspecified atom stereocenters. The van der Waals surface area contributed by atoms with Gasteiger partial charge in [0.1, 0.15) is 5.75 Å². The molecule has 7 nitrogen and oxygen atoms in total. The van der Waals surface area contributed by atoms with Crippen LogP contribution in [0.3, 0.4) is 0 Å². The van der Waals surface area contributed by atoms with Gasteiger partial charge in [-0.05, 0) is 53.4 Å². The van der Waals surface area contributed by atoms with Gasteiger partial charge in [0.15, 0.2) is 0 Å². The number of hydrogen-bond acceptors (Lipinski definition) is 4. The third-order valence-electron chi connectivity index (χ3n) is 5.83. The van der Waals surface area contributed by atoms with Crippen molar-refractivity contribution in [3.05, 3.63) is 89.0 Å². The summed E-state index contributed by atoms with van der Waals surface area (Å²) in [6.07, 6.45) is -3.07. The number of methoxy groups -OCH3 is 1. The summed E-state index contributed by atoms with van der Waals surface area (Å²) in [7, 11) is 1.43. The number of carbonyl (C=O) groups is 1. The Bertz CT molecular complexity index is 1340. The van der Waals surface area contributed by atoms with Crippen LogP contribution in [0.4, 0.5) is 13.2 Å². The van der Waals surface area contributed by atoms with Gasteiger partial charge in [0, 0.05) is 25.2 Å². The minimum Gasteiger partial charge on any atom is -0.496 e. The molecule has 3 aromatic rings. The molecular weight excluding hydrogens is 497 g/mol. The maximum absolute atomic E-state index is 13.7. The first-order valence-electron chi connectivity index (χ1n) is 11.7. The van der Waals surface area contributed by atoms with Crippen LogP contribution in [0.2, 0.25) is 0 Å². The molecule has 3 aromatic carbocycles. The lowest BCUT2D eigenvalue weighted by atomic mass is 9.94. The Kier molecular flexibility index (Phi) is 9.33. The zero-order valence-electron chi connectivity index (χ0n) is 20.9. The van der Waals surface area contributed by atoms with E-state index in [0.29, 0.717) is 41.1 Å². The zero-order chi connectivity index (χ0) is 27.7. The van der Waals surface area contributed by atoms with Gasteiger partial charge in [-0.25, -0.2) is 0 Å². The third kappa shape index (κ3) is 7.26. The number of carboxylic acid groups (broad SMARTS) is 1. The largest absolute Gasteiger partial charge is 0.496 e. The highest BCUT2D eigenvalue weighted by molar-refractivity contribution is 5.82. The predicted octanol–water partition coefficient (Wildman–Crippen LogP) is 5.46. The van der Waals surface area contributed by atoms with Gasteiger partial charge in [0.05, 0.1) is 19.1 Å². The van der Waals surface area contributed by atoms with Crippen LogP contribution in [-0.2, 0) is 30.5 Å². The molecule has 0 aliphatic rings. The van der Waals surface area contributed by atoms with Crippen molar-refractivity contribution in [2.24, 2.45) is 4.99 Å². The predicted molar refractivity (Wildman–Crippen MR) is 137 cm³/mol. The highest BCUT2D eigenvalue weighted by atomic mass is 19.4. The summed E-state index contributed by atoms with van der Waals surface area (Å²) in [5.41, 5.74) is 1.79. The van der Waals surface area contributed by atoms with Gasteiger partial charge in [-0.1, -0.05) is 42.5 Å². The van der Waals surface area contributed by atoms with Crippen molar-refractivity contribution in [2.45, 2.75) is 32.6 Å². The first-order chi connectivity index (χ1) is 18.2. The molecule has 10 heteroatoms. The molecule has 38 heavy (non-hydrogen) atoms. The van der Waals surface area contributed by atoms with Gasteiger partial charge < -0.3 is 20.1 Å². The summed E-state index contributed by atoms with van der Waals surface area (Å²) in [5, 5.41) is 21.6. The number of ether oxygens (including phenoxy) is 1. The van der Waals surface area contributed by atoms with Crippen LogP contribution in [0.25, 0.3) is 11.1 Å². The van der Waals surface area contributed by atoms with Crippen molar-refractivity contribution in [1.29, 1.82) is 5.26 Å². The van der Waals surface area contributed by atoms with Crippen LogP contribution in [0.5, 0.6) is 5.75 Å². The Morgan fingerprint density at radius 3 is 2.42 bits per heavy atom. The van der Waals surface area contributed by atoms with Gasteiger partial charge in [0.2, 0.25) is 12.2 Å². The molecule has 3 rings (SSSR count). The number of aliphatic imine (C=N–C) groups is 1. The summed E-state index contributed by atoms with van der Waals surface area (Å²) in [4.78, 5) is 16.8. The van der Waals surface area contributed by atoms with Crippen LogP contribution >= 0.6 is 0 Å². The second-order valence-corrected chi connectivity index (χ2v) is 8.36. The summed E-state index contributed by atoms with van der Waals surface area (Å²) < 4.78 is 46.5. The number of aliphatic carboxylic acids is 1. The molecular formula is C28H27F3N4O3. The molecule has 0 aliphatic carbocycles. The smallest absolute Gasteiger partial charge is 0.416 e. The minimum absolute atomic E-state index is 0.00955. The summed E-state index contributed by atoms with van der Waals surface area (Å²) in [6.45, 7) is 2.50. The van der Waals surface area contributed by atoms with Gasteiger partial charge in [-0.2, -0.15) is 18.4 Å². The molecule has 0 saturated carbocycles. The van der Waals surface area contributed by atoms with Crippen LogP contribution < -0.4 is 10.1 Å². The van der Waals surface area contributed by atoms with E-state index in [0.717, 1.165) is 17.7 Å². The van der Waals surface area contributed by atoms with Crippen molar-refractivity contribution in [3.63, 3.8) is 0 Å². The molecule has 0 saturated heterocycles. The number of nitrogens with one attached hydrogen (secondary N) is 1. The number of nitrogens with zero attached hydrogens (tertiary/aromatic N) is 3. The molecule has 198 valence electrons. The second-order valence-electron chi connectivity index (χ2n) is 8.36. The first-order valence-corrected chi connectivity index (χ1v) is 11.7. The molecule has 0 aliphatic heterocycles. The highest BCUT2D eigenvalue weighted by Gasteiger charge is 2.31. The summed E-state index contributed by atoms with van der Waals surface area (Å²) in [6, 6.07) is 17.6. The zero-order valence-corrected chi connectivity index (χ0v) is 20.9.